The maximum absolute atomic E-state index is 9.76. The van der Waals surface area contributed by atoms with Gasteiger partial charge in [-0.25, -0.2) is 0 Å². The second-order valence-electron chi connectivity index (χ2n) is 4.67. The van der Waals surface area contributed by atoms with Gasteiger partial charge in [0.2, 0.25) is 0 Å². The Morgan fingerprint density at radius 3 is 2.31 bits per heavy atom. The van der Waals surface area contributed by atoms with Gasteiger partial charge in [-0.05, 0) is 42.9 Å². The lowest BCUT2D eigenvalue weighted by Crippen LogP contribution is -2.11. The van der Waals surface area contributed by atoms with Crippen molar-refractivity contribution in [2.75, 3.05) is 7.11 Å². The zero-order chi connectivity index (χ0) is 12.0. The molecule has 0 aromatic heterocycles. The Kier molecular flexibility index (Phi) is 5.33. The van der Waals surface area contributed by atoms with Gasteiger partial charge in [-0.2, -0.15) is 0 Å². The summed E-state index contributed by atoms with van der Waals surface area (Å²) < 4.78 is 5.10. The topological polar surface area (TPSA) is 29.5 Å². The van der Waals surface area contributed by atoms with Crippen LogP contribution in [0.3, 0.4) is 0 Å². The molecule has 1 atom stereocenters. The van der Waals surface area contributed by atoms with Crippen molar-refractivity contribution in [1.29, 1.82) is 0 Å². The van der Waals surface area contributed by atoms with E-state index >= 15 is 0 Å². The number of hydrogen-bond acceptors (Lipinski definition) is 2. The minimum absolute atomic E-state index is 0.179. The van der Waals surface area contributed by atoms with Gasteiger partial charge in [0.05, 0.1) is 13.2 Å². The van der Waals surface area contributed by atoms with E-state index in [0.717, 1.165) is 25.0 Å². The number of aryl methyl sites for hydroxylation is 1. The van der Waals surface area contributed by atoms with Gasteiger partial charge in [0.1, 0.15) is 5.75 Å². The first-order chi connectivity index (χ1) is 7.61. The second-order valence-corrected chi connectivity index (χ2v) is 4.67. The number of benzene rings is 1. The van der Waals surface area contributed by atoms with Crippen LogP contribution < -0.4 is 4.74 Å². The van der Waals surface area contributed by atoms with E-state index in [1.165, 1.54) is 5.56 Å². The molecule has 0 heterocycles. The second kappa shape index (κ2) is 6.54. The van der Waals surface area contributed by atoms with E-state index < -0.39 is 0 Å². The normalized spacial score (nSPS) is 12.8. The molecular weight excluding hydrogens is 200 g/mol. The molecule has 0 bridgehead atoms. The van der Waals surface area contributed by atoms with Crippen molar-refractivity contribution in [2.24, 2.45) is 5.92 Å². The standard InChI is InChI=1S/C14H22O2/c1-11(2)10-13(15)7-4-12-5-8-14(16-3)9-6-12/h5-6,8-9,11,13,15H,4,7,10H2,1-3H3. The molecule has 1 rings (SSSR count). The van der Waals surface area contributed by atoms with E-state index in [0.29, 0.717) is 5.92 Å². The molecule has 0 aliphatic heterocycles. The highest BCUT2D eigenvalue weighted by molar-refractivity contribution is 5.27. The van der Waals surface area contributed by atoms with E-state index in [1.807, 2.05) is 12.1 Å². The summed E-state index contributed by atoms with van der Waals surface area (Å²) >= 11 is 0. The molecule has 1 N–H and O–H groups in total. The molecule has 0 amide bonds. The van der Waals surface area contributed by atoms with Crippen LogP contribution in [0.2, 0.25) is 0 Å². The number of aliphatic hydroxyl groups excluding tert-OH is 1. The van der Waals surface area contributed by atoms with Crippen molar-refractivity contribution in [3.05, 3.63) is 29.8 Å². The summed E-state index contributed by atoms with van der Waals surface area (Å²) in [5.74, 6) is 1.44. The summed E-state index contributed by atoms with van der Waals surface area (Å²) in [5, 5.41) is 9.76. The number of ether oxygens (including phenoxy) is 1. The van der Waals surface area contributed by atoms with Crippen LogP contribution in [0, 0.1) is 5.92 Å². The van der Waals surface area contributed by atoms with E-state index in [4.69, 9.17) is 4.74 Å². The van der Waals surface area contributed by atoms with Crippen molar-refractivity contribution in [2.45, 2.75) is 39.2 Å². The first-order valence-electron chi connectivity index (χ1n) is 5.92. The third kappa shape index (κ3) is 4.67. The molecule has 0 saturated heterocycles. The Bertz CT molecular complexity index is 290. The SMILES string of the molecule is COc1ccc(CCC(O)CC(C)C)cc1. The van der Waals surface area contributed by atoms with Crippen LogP contribution in [0.1, 0.15) is 32.3 Å². The van der Waals surface area contributed by atoms with Gasteiger partial charge in [0, 0.05) is 0 Å². The van der Waals surface area contributed by atoms with Crippen LogP contribution in [-0.2, 0) is 6.42 Å². The number of aliphatic hydroxyl groups is 1. The molecule has 1 aromatic rings. The highest BCUT2D eigenvalue weighted by Gasteiger charge is 2.06. The van der Waals surface area contributed by atoms with E-state index in [-0.39, 0.29) is 6.10 Å². The molecule has 0 fully saturated rings. The molecule has 1 unspecified atom stereocenters. The molecule has 0 aliphatic rings. The monoisotopic (exact) mass is 222 g/mol. The van der Waals surface area contributed by atoms with Crippen LogP contribution in [-0.4, -0.2) is 18.3 Å². The highest BCUT2D eigenvalue weighted by atomic mass is 16.5. The summed E-state index contributed by atoms with van der Waals surface area (Å²) in [5.41, 5.74) is 1.25. The van der Waals surface area contributed by atoms with Crippen LogP contribution in [0.5, 0.6) is 5.75 Å². The molecular formula is C14H22O2. The van der Waals surface area contributed by atoms with Crippen molar-refractivity contribution < 1.29 is 9.84 Å². The summed E-state index contributed by atoms with van der Waals surface area (Å²) in [7, 11) is 1.67. The fourth-order valence-electron chi connectivity index (χ4n) is 1.79. The number of hydrogen-bond donors (Lipinski definition) is 1. The molecule has 0 spiro atoms. The summed E-state index contributed by atoms with van der Waals surface area (Å²) in [4.78, 5) is 0. The fraction of sp³-hybridized carbons (Fsp3) is 0.571. The van der Waals surface area contributed by atoms with Crippen molar-refractivity contribution in [3.8, 4) is 5.75 Å². The fourth-order valence-corrected chi connectivity index (χ4v) is 1.79. The lowest BCUT2D eigenvalue weighted by molar-refractivity contribution is 0.140. The van der Waals surface area contributed by atoms with Crippen LogP contribution >= 0.6 is 0 Å². The van der Waals surface area contributed by atoms with Gasteiger partial charge in [0.25, 0.3) is 0 Å². The third-order valence-corrected chi connectivity index (χ3v) is 2.67. The molecule has 2 nitrogen and oxygen atoms in total. The molecule has 0 saturated carbocycles. The maximum atomic E-state index is 9.76. The first-order valence-corrected chi connectivity index (χ1v) is 5.92. The van der Waals surface area contributed by atoms with Gasteiger partial charge in [-0.15, -0.1) is 0 Å². The third-order valence-electron chi connectivity index (χ3n) is 2.67. The average Bonchev–Trinajstić information content (AvgIpc) is 2.26. The summed E-state index contributed by atoms with van der Waals surface area (Å²) in [6.07, 6.45) is 2.47. The van der Waals surface area contributed by atoms with Crippen molar-refractivity contribution >= 4 is 0 Å². The van der Waals surface area contributed by atoms with Gasteiger partial charge >= 0.3 is 0 Å². The zero-order valence-corrected chi connectivity index (χ0v) is 10.4. The minimum atomic E-state index is -0.179. The summed E-state index contributed by atoms with van der Waals surface area (Å²) in [6.45, 7) is 4.27. The highest BCUT2D eigenvalue weighted by Crippen LogP contribution is 2.15. The van der Waals surface area contributed by atoms with E-state index in [9.17, 15) is 5.11 Å². The number of rotatable bonds is 6. The smallest absolute Gasteiger partial charge is 0.118 e. The Morgan fingerprint density at radius 1 is 1.19 bits per heavy atom. The summed E-state index contributed by atoms with van der Waals surface area (Å²) in [6, 6.07) is 8.04. The minimum Gasteiger partial charge on any atom is -0.497 e. The number of methoxy groups -OCH3 is 1. The average molecular weight is 222 g/mol. The van der Waals surface area contributed by atoms with Crippen LogP contribution in [0.4, 0.5) is 0 Å². The van der Waals surface area contributed by atoms with Crippen LogP contribution in [0.15, 0.2) is 24.3 Å². The Morgan fingerprint density at radius 2 is 1.81 bits per heavy atom. The quantitative estimate of drug-likeness (QED) is 0.801. The largest absolute Gasteiger partial charge is 0.497 e. The van der Waals surface area contributed by atoms with Gasteiger partial charge in [-0.3, -0.25) is 0 Å². The lowest BCUT2D eigenvalue weighted by atomic mass is 10.00. The predicted molar refractivity (Wildman–Crippen MR) is 66.8 cm³/mol. The molecule has 1 aromatic carbocycles. The zero-order valence-electron chi connectivity index (χ0n) is 10.4. The predicted octanol–water partition coefficient (Wildman–Crippen LogP) is 3.03. The van der Waals surface area contributed by atoms with Gasteiger partial charge < -0.3 is 9.84 Å². The van der Waals surface area contributed by atoms with Crippen molar-refractivity contribution in [1.82, 2.24) is 0 Å². The lowest BCUT2D eigenvalue weighted by Gasteiger charge is -2.12. The van der Waals surface area contributed by atoms with Gasteiger partial charge in [0.15, 0.2) is 0 Å². The van der Waals surface area contributed by atoms with E-state index in [1.54, 1.807) is 7.11 Å². The molecule has 90 valence electrons. The Hall–Kier alpha value is -1.02. The molecule has 16 heavy (non-hydrogen) atoms. The van der Waals surface area contributed by atoms with Crippen molar-refractivity contribution in [3.63, 3.8) is 0 Å². The Labute approximate surface area is 98.3 Å². The first kappa shape index (κ1) is 13.0. The Balaban J connectivity index is 2.36. The van der Waals surface area contributed by atoms with Gasteiger partial charge in [-0.1, -0.05) is 26.0 Å². The maximum Gasteiger partial charge on any atom is 0.118 e. The molecule has 0 radical (unpaired) electrons. The van der Waals surface area contributed by atoms with Crippen LogP contribution in [0.25, 0.3) is 0 Å². The van der Waals surface area contributed by atoms with E-state index in [2.05, 4.69) is 26.0 Å². The molecule has 2 heteroatoms. The molecule has 0 aliphatic carbocycles.